The van der Waals surface area contributed by atoms with Crippen LogP contribution in [0.5, 0.6) is 0 Å². The smallest absolute Gasteiger partial charge is 0.145 e. The van der Waals surface area contributed by atoms with Crippen molar-refractivity contribution in [1.82, 2.24) is 0 Å². The van der Waals surface area contributed by atoms with Gasteiger partial charge in [-0.3, -0.25) is 0 Å². The monoisotopic (exact) mass is 217 g/mol. The number of halogens is 2. The summed E-state index contributed by atoms with van der Waals surface area (Å²) >= 11 is 5.62. The third-order valence-corrected chi connectivity index (χ3v) is 2.51. The lowest BCUT2D eigenvalue weighted by atomic mass is 9.94. The summed E-state index contributed by atoms with van der Waals surface area (Å²) in [6, 6.07) is 4.70. The first-order valence-corrected chi connectivity index (χ1v) is 4.77. The summed E-state index contributed by atoms with van der Waals surface area (Å²) in [4.78, 5) is 0. The molecule has 0 saturated carbocycles. The van der Waals surface area contributed by atoms with Gasteiger partial charge in [-0.25, -0.2) is 4.39 Å². The van der Waals surface area contributed by atoms with Crippen molar-refractivity contribution in [3.05, 3.63) is 34.6 Å². The average Bonchev–Trinajstić information content (AvgIpc) is 2.13. The topological polar surface area (TPSA) is 46.2 Å². The Bertz CT molecular complexity index is 317. The molecule has 0 aromatic heterocycles. The second kappa shape index (κ2) is 4.73. The minimum atomic E-state index is -0.687. The maximum Gasteiger partial charge on any atom is 0.145 e. The van der Waals surface area contributed by atoms with Gasteiger partial charge in [-0.2, -0.15) is 0 Å². The van der Waals surface area contributed by atoms with Crippen LogP contribution < -0.4 is 5.73 Å². The molecule has 0 aliphatic heterocycles. The van der Waals surface area contributed by atoms with Crippen LogP contribution in [0.2, 0.25) is 5.02 Å². The predicted octanol–water partition coefficient (Wildman–Crippen LogP) is 1.90. The fraction of sp³-hybridized carbons (Fsp3) is 0.400. The van der Waals surface area contributed by atoms with Gasteiger partial charge in [0.25, 0.3) is 0 Å². The van der Waals surface area contributed by atoms with Crippen LogP contribution in [-0.4, -0.2) is 17.8 Å². The van der Waals surface area contributed by atoms with E-state index < -0.39 is 17.8 Å². The van der Waals surface area contributed by atoms with Crippen molar-refractivity contribution in [3.63, 3.8) is 0 Å². The molecule has 78 valence electrons. The highest BCUT2D eigenvalue weighted by molar-refractivity contribution is 6.30. The summed E-state index contributed by atoms with van der Waals surface area (Å²) in [5.74, 6) is -0.904. The zero-order chi connectivity index (χ0) is 10.7. The molecule has 2 nitrogen and oxygen atoms in total. The van der Waals surface area contributed by atoms with Crippen molar-refractivity contribution in [2.75, 3.05) is 6.54 Å². The molecule has 0 heterocycles. The van der Waals surface area contributed by atoms with Crippen LogP contribution >= 0.6 is 11.6 Å². The van der Waals surface area contributed by atoms with Gasteiger partial charge in [0, 0.05) is 12.5 Å². The van der Waals surface area contributed by atoms with Crippen LogP contribution in [-0.2, 0) is 0 Å². The molecule has 0 saturated heterocycles. The fourth-order valence-electron chi connectivity index (χ4n) is 1.39. The first kappa shape index (κ1) is 11.4. The maximum absolute atomic E-state index is 13.5. The van der Waals surface area contributed by atoms with E-state index in [0.29, 0.717) is 5.56 Å². The van der Waals surface area contributed by atoms with Crippen molar-refractivity contribution in [2.45, 2.75) is 18.9 Å². The zero-order valence-electron chi connectivity index (χ0n) is 7.87. The number of aliphatic hydroxyl groups is 1. The largest absolute Gasteiger partial charge is 0.393 e. The van der Waals surface area contributed by atoms with Gasteiger partial charge in [0.05, 0.1) is 11.1 Å². The van der Waals surface area contributed by atoms with Gasteiger partial charge in [0.15, 0.2) is 0 Å². The van der Waals surface area contributed by atoms with Crippen LogP contribution in [0.25, 0.3) is 0 Å². The molecular weight excluding hydrogens is 205 g/mol. The number of hydrogen-bond donors (Lipinski definition) is 2. The molecule has 1 aromatic carbocycles. The third-order valence-electron chi connectivity index (χ3n) is 2.22. The van der Waals surface area contributed by atoms with E-state index in [0.717, 1.165) is 0 Å². The Kier molecular flexibility index (Phi) is 3.86. The summed E-state index contributed by atoms with van der Waals surface area (Å²) in [7, 11) is 0. The lowest BCUT2D eigenvalue weighted by molar-refractivity contribution is 0.163. The number of nitrogens with two attached hydrogens (primary N) is 1. The van der Waals surface area contributed by atoms with E-state index in [-0.39, 0.29) is 11.6 Å². The Morgan fingerprint density at radius 1 is 1.57 bits per heavy atom. The maximum atomic E-state index is 13.5. The molecule has 0 spiro atoms. The highest BCUT2D eigenvalue weighted by Gasteiger charge is 2.20. The predicted molar refractivity (Wildman–Crippen MR) is 54.9 cm³/mol. The van der Waals surface area contributed by atoms with Gasteiger partial charge in [0.1, 0.15) is 5.82 Å². The lowest BCUT2D eigenvalue weighted by Crippen LogP contribution is -2.24. The number of hydrogen-bond acceptors (Lipinski definition) is 2. The van der Waals surface area contributed by atoms with Crippen molar-refractivity contribution >= 4 is 11.6 Å². The van der Waals surface area contributed by atoms with Gasteiger partial charge in [-0.1, -0.05) is 23.7 Å². The number of benzene rings is 1. The molecule has 0 fully saturated rings. The van der Waals surface area contributed by atoms with Crippen molar-refractivity contribution in [1.29, 1.82) is 0 Å². The van der Waals surface area contributed by atoms with E-state index >= 15 is 0 Å². The zero-order valence-corrected chi connectivity index (χ0v) is 8.63. The molecule has 3 N–H and O–H groups in total. The summed E-state index contributed by atoms with van der Waals surface area (Å²) in [6.45, 7) is 1.77. The number of rotatable bonds is 3. The Balaban J connectivity index is 3.10. The summed E-state index contributed by atoms with van der Waals surface area (Å²) in [5, 5.41) is 9.45. The minimum Gasteiger partial charge on any atom is -0.393 e. The standard InChI is InChI=1S/C10H13ClFNO/c1-6(14)8(5-13)7-3-2-4-9(11)10(7)12/h2-4,6,8,14H,5,13H2,1H3. The van der Waals surface area contributed by atoms with Crippen LogP contribution in [0.4, 0.5) is 4.39 Å². The van der Waals surface area contributed by atoms with Crippen LogP contribution in [0.3, 0.4) is 0 Å². The Labute approximate surface area is 87.5 Å². The quantitative estimate of drug-likeness (QED) is 0.813. The SMILES string of the molecule is CC(O)C(CN)c1cccc(Cl)c1F. The number of aliphatic hydroxyl groups excluding tert-OH is 1. The van der Waals surface area contributed by atoms with Gasteiger partial charge < -0.3 is 10.8 Å². The first-order valence-electron chi connectivity index (χ1n) is 4.40. The molecule has 1 rings (SSSR count). The highest BCUT2D eigenvalue weighted by Crippen LogP contribution is 2.26. The molecule has 0 aliphatic rings. The second-order valence-corrected chi connectivity index (χ2v) is 3.63. The van der Waals surface area contributed by atoms with Gasteiger partial charge >= 0.3 is 0 Å². The molecule has 14 heavy (non-hydrogen) atoms. The first-order chi connectivity index (χ1) is 6.57. The summed E-state index contributed by atoms with van der Waals surface area (Å²) < 4.78 is 13.5. The Morgan fingerprint density at radius 2 is 2.21 bits per heavy atom. The van der Waals surface area contributed by atoms with Crippen LogP contribution in [0.15, 0.2) is 18.2 Å². The summed E-state index contributed by atoms with van der Waals surface area (Å²) in [5.41, 5.74) is 5.83. The highest BCUT2D eigenvalue weighted by atomic mass is 35.5. The summed E-state index contributed by atoms with van der Waals surface area (Å²) in [6.07, 6.45) is -0.687. The minimum absolute atomic E-state index is 0.0570. The van der Waals surface area contributed by atoms with Gasteiger partial charge in [-0.05, 0) is 18.6 Å². The third kappa shape index (κ3) is 2.23. The van der Waals surface area contributed by atoms with E-state index in [4.69, 9.17) is 17.3 Å². The molecule has 4 heteroatoms. The second-order valence-electron chi connectivity index (χ2n) is 3.23. The molecule has 2 atom stereocenters. The van der Waals surface area contributed by atoms with E-state index in [9.17, 15) is 9.50 Å². The van der Waals surface area contributed by atoms with E-state index in [1.807, 2.05) is 0 Å². The normalized spacial score (nSPS) is 15.2. The van der Waals surface area contributed by atoms with Crippen LogP contribution in [0, 0.1) is 5.82 Å². The molecular formula is C10H13ClFNO. The molecule has 1 aromatic rings. The van der Waals surface area contributed by atoms with Crippen molar-refractivity contribution in [2.24, 2.45) is 5.73 Å². The van der Waals surface area contributed by atoms with Crippen molar-refractivity contribution in [3.8, 4) is 0 Å². The fourth-order valence-corrected chi connectivity index (χ4v) is 1.57. The Hall–Kier alpha value is -0.640. The lowest BCUT2D eigenvalue weighted by Gasteiger charge is -2.19. The van der Waals surface area contributed by atoms with Crippen LogP contribution in [0.1, 0.15) is 18.4 Å². The molecule has 0 radical (unpaired) electrons. The van der Waals surface area contributed by atoms with E-state index in [1.54, 1.807) is 19.1 Å². The molecule has 0 aliphatic carbocycles. The van der Waals surface area contributed by atoms with Gasteiger partial charge in [-0.15, -0.1) is 0 Å². The van der Waals surface area contributed by atoms with Crippen molar-refractivity contribution < 1.29 is 9.50 Å². The molecule has 0 bridgehead atoms. The average molecular weight is 218 g/mol. The van der Waals surface area contributed by atoms with E-state index in [1.165, 1.54) is 6.07 Å². The Morgan fingerprint density at radius 3 is 2.71 bits per heavy atom. The molecule has 0 amide bonds. The van der Waals surface area contributed by atoms with E-state index in [2.05, 4.69) is 0 Å². The van der Waals surface area contributed by atoms with Gasteiger partial charge in [0.2, 0.25) is 0 Å². The molecule has 2 unspecified atom stereocenters.